The van der Waals surface area contributed by atoms with E-state index in [4.69, 9.17) is 9.47 Å². The van der Waals surface area contributed by atoms with E-state index in [1.807, 2.05) is 60.7 Å². The van der Waals surface area contributed by atoms with Gasteiger partial charge in [0.25, 0.3) is 11.8 Å². The average molecular weight is 460 g/mol. The van der Waals surface area contributed by atoms with E-state index in [0.717, 1.165) is 11.1 Å². The highest BCUT2D eigenvalue weighted by atomic mass is 16.5. The van der Waals surface area contributed by atoms with Crippen LogP contribution in [0.25, 0.3) is 0 Å². The van der Waals surface area contributed by atoms with Crippen molar-refractivity contribution in [3.63, 3.8) is 0 Å². The number of rotatable bonds is 8. The zero-order valence-electron chi connectivity index (χ0n) is 18.8. The van der Waals surface area contributed by atoms with Gasteiger partial charge in [-0.1, -0.05) is 60.7 Å². The highest BCUT2D eigenvalue weighted by molar-refractivity contribution is 5.99. The van der Waals surface area contributed by atoms with Crippen LogP contribution in [-0.2, 0) is 41.5 Å². The number of hydrogen-bond donors (Lipinski definition) is 2. The van der Waals surface area contributed by atoms with E-state index in [1.54, 1.807) is 0 Å². The van der Waals surface area contributed by atoms with E-state index < -0.39 is 35.8 Å². The average Bonchev–Trinajstić information content (AvgIpc) is 2.86. The van der Waals surface area contributed by atoms with Crippen molar-refractivity contribution in [1.29, 1.82) is 0 Å². The molecule has 34 heavy (non-hydrogen) atoms. The van der Waals surface area contributed by atoms with Crippen molar-refractivity contribution in [3.05, 3.63) is 71.8 Å². The fourth-order valence-corrected chi connectivity index (χ4v) is 2.94. The molecule has 0 aromatic heterocycles. The lowest BCUT2D eigenvalue weighted by Gasteiger charge is -2.14. The van der Waals surface area contributed by atoms with Gasteiger partial charge in [-0.2, -0.15) is 0 Å². The van der Waals surface area contributed by atoms with Crippen LogP contribution in [0.1, 0.15) is 11.1 Å². The number of methoxy groups -OCH3 is 2. The van der Waals surface area contributed by atoms with E-state index >= 15 is 0 Å². The Labute approximate surface area is 198 Å². The van der Waals surface area contributed by atoms with E-state index in [0.29, 0.717) is 0 Å². The highest BCUT2D eigenvalue weighted by Crippen LogP contribution is 2.05. The number of hydrogen-bond acceptors (Lipinski definition) is 6. The topological polar surface area (TPSA) is 111 Å². The molecular formula is C26H24N2O6. The Bertz CT molecular complexity index is 1030. The molecule has 2 atom stereocenters. The normalized spacial score (nSPS) is 11.2. The summed E-state index contributed by atoms with van der Waals surface area (Å²) in [6.45, 7) is 0. The number of amides is 2. The van der Waals surface area contributed by atoms with Crippen LogP contribution in [0.15, 0.2) is 60.7 Å². The summed E-state index contributed by atoms with van der Waals surface area (Å²) in [5.74, 6) is 6.19. The van der Waals surface area contributed by atoms with Crippen molar-refractivity contribution in [3.8, 4) is 23.7 Å². The zero-order valence-corrected chi connectivity index (χ0v) is 18.8. The van der Waals surface area contributed by atoms with Gasteiger partial charge >= 0.3 is 11.9 Å². The number of carbonyl (C=O) groups is 4. The van der Waals surface area contributed by atoms with Crippen molar-refractivity contribution in [2.45, 2.75) is 24.9 Å². The molecule has 2 N–H and O–H groups in total. The smallest absolute Gasteiger partial charge is 0.328 e. The number of nitrogens with one attached hydrogen (secondary N) is 2. The van der Waals surface area contributed by atoms with Crippen molar-refractivity contribution >= 4 is 23.8 Å². The van der Waals surface area contributed by atoms with Gasteiger partial charge in [-0.25, -0.2) is 9.59 Å². The van der Waals surface area contributed by atoms with Crippen LogP contribution in [0.4, 0.5) is 0 Å². The summed E-state index contributed by atoms with van der Waals surface area (Å²) in [6, 6.07) is 16.4. The van der Waals surface area contributed by atoms with E-state index in [-0.39, 0.29) is 12.8 Å². The second-order valence-corrected chi connectivity index (χ2v) is 6.98. The van der Waals surface area contributed by atoms with Gasteiger partial charge in [0.15, 0.2) is 0 Å². The molecule has 0 spiro atoms. The molecule has 174 valence electrons. The maximum absolute atomic E-state index is 12.1. The molecule has 2 amide bonds. The number of carbonyl (C=O) groups excluding carboxylic acids is 4. The highest BCUT2D eigenvalue weighted by Gasteiger charge is 2.22. The maximum atomic E-state index is 12.1. The molecule has 2 aromatic carbocycles. The van der Waals surface area contributed by atoms with Gasteiger partial charge in [0.05, 0.1) is 14.2 Å². The lowest BCUT2D eigenvalue weighted by Crippen LogP contribution is -2.42. The standard InChI is InChI=1S/C26H24N2O6/c1-33-25(31)21(17-19-11-5-3-6-12-19)27-23(29)15-9-10-16-24(30)28-22(26(32)34-2)18-20-13-7-4-8-14-20/h3-8,11-14,21-22H,17-18H2,1-2H3,(H,27,29)(H,28,30). The van der Waals surface area contributed by atoms with E-state index in [1.165, 1.54) is 14.2 Å². The molecule has 0 heterocycles. The van der Waals surface area contributed by atoms with Crippen LogP contribution in [0, 0.1) is 23.7 Å². The molecule has 2 rings (SSSR count). The van der Waals surface area contributed by atoms with Crippen LogP contribution in [0.3, 0.4) is 0 Å². The van der Waals surface area contributed by atoms with Gasteiger partial charge in [0, 0.05) is 24.7 Å². The predicted molar refractivity (Wildman–Crippen MR) is 124 cm³/mol. The summed E-state index contributed by atoms with van der Waals surface area (Å²) in [5.41, 5.74) is 1.66. The minimum absolute atomic E-state index is 0.228. The lowest BCUT2D eigenvalue weighted by atomic mass is 10.1. The molecule has 0 aliphatic rings. The zero-order chi connectivity index (χ0) is 24.8. The van der Waals surface area contributed by atoms with Crippen molar-refractivity contribution in [1.82, 2.24) is 10.6 Å². The number of benzene rings is 2. The molecular weight excluding hydrogens is 436 g/mol. The van der Waals surface area contributed by atoms with Crippen molar-refractivity contribution in [2.24, 2.45) is 0 Å². The Morgan fingerprint density at radius 1 is 0.676 bits per heavy atom. The first-order valence-corrected chi connectivity index (χ1v) is 10.3. The summed E-state index contributed by atoms with van der Waals surface area (Å²) in [4.78, 5) is 48.2. The SMILES string of the molecule is COC(=O)C(Cc1ccccc1)NC(=O)C#CC#CC(=O)NC(Cc1ccccc1)C(=O)OC. The molecule has 0 saturated heterocycles. The Morgan fingerprint density at radius 3 is 1.35 bits per heavy atom. The van der Waals surface area contributed by atoms with Gasteiger partial charge < -0.3 is 20.1 Å². The summed E-state index contributed by atoms with van der Waals surface area (Å²) in [6.07, 6.45) is 0.455. The van der Waals surface area contributed by atoms with Gasteiger partial charge in [0.1, 0.15) is 12.1 Å². The Balaban J connectivity index is 1.96. The summed E-state index contributed by atoms with van der Waals surface area (Å²) >= 11 is 0. The third-order valence-corrected chi connectivity index (χ3v) is 4.56. The van der Waals surface area contributed by atoms with Gasteiger partial charge in [0.2, 0.25) is 0 Å². The first kappa shape index (κ1) is 25.7. The second kappa shape index (κ2) is 13.8. The molecule has 0 aliphatic heterocycles. The first-order valence-electron chi connectivity index (χ1n) is 10.3. The van der Waals surface area contributed by atoms with Crippen LogP contribution in [-0.4, -0.2) is 50.1 Å². The number of ether oxygens (including phenoxy) is 2. The second-order valence-electron chi connectivity index (χ2n) is 6.98. The largest absolute Gasteiger partial charge is 0.467 e. The minimum Gasteiger partial charge on any atom is -0.467 e. The fraction of sp³-hybridized carbons (Fsp3) is 0.231. The molecule has 0 fully saturated rings. The van der Waals surface area contributed by atoms with Crippen LogP contribution >= 0.6 is 0 Å². The number of esters is 2. The summed E-state index contributed by atoms with van der Waals surface area (Å²) in [5, 5.41) is 4.94. The monoisotopic (exact) mass is 460 g/mol. The molecule has 8 heteroatoms. The molecule has 2 aromatic rings. The Hall–Kier alpha value is -4.56. The molecule has 2 unspecified atom stereocenters. The third-order valence-electron chi connectivity index (χ3n) is 4.56. The molecule has 0 saturated carbocycles. The summed E-state index contributed by atoms with van der Waals surface area (Å²) < 4.78 is 9.46. The first-order chi connectivity index (χ1) is 16.4. The molecule has 0 radical (unpaired) electrons. The van der Waals surface area contributed by atoms with Crippen LogP contribution in [0.2, 0.25) is 0 Å². The predicted octanol–water partition coefficient (Wildman–Crippen LogP) is 0.794. The van der Waals surface area contributed by atoms with Gasteiger partial charge in [-0.15, -0.1) is 0 Å². The van der Waals surface area contributed by atoms with Gasteiger partial charge in [-0.05, 0) is 23.0 Å². The van der Waals surface area contributed by atoms with Crippen molar-refractivity contribution in [2.75, 3.05) is 14.2 Å². The van der Waals surface area contributed by atoms with Gasteiger partial charge in [-0.3, -0.25) is 9.59 Å². The van der Waals surface area contributed by atoms with Crippen LogP contribution < -0.4 is 10.6 Å². The molecule has 8 nitrogen and oxygen atoms in total. The summed E-state index contributed by atoms with van der Waals surface area (Å²) in [7, 11) is 2.45. The lowest BCUT2D eigenvalue weighted by molar-refractivity contribution is -0.144. The minimum atomic E-state index is -0.927. The fourth-order valence-electron chi connectivity index (χ4n) is 2.94. The van der Waals surface area contributed by atoms with Crippen LogP contribution in [0.5, 0.6) is 0 Å². The Morgan fingerprint density at radius 2 is 1.03 bits per heavy atom. The maximum Gasteiger partial charge on any atom is 0.328 e. The van der Waals surface area contributed by atoms with E-state index in [2.05, 4.69) is 34.3 Å². The molecule has 0 bridgehead atoms. The Kier molecular flexibility index (Phi) is 10.4. The quantitative estimate of drug-likeness (QED) is 0.445. The molecule has 0 aliphatic carbocycles. The van der Waals surface area contributed by atoms with Crippen molar-refractivity contribution < 1.29 is 28.7 Å². The van der Waals surface area contributed by atoms with E-state index in [9.17, 15) is 19.2 Å². The third kappa shape index (κ3) is 8.89.